The molecule has 0 N–H and O–H groups in total. The van der Waals surface area contributed by atoms with Gasteiger partial charge in [0.15, 0.2) is 14.9 Å². The second-order valence-electron chi connectivity index (χ2n) is 3.91. The highest BCUT2D eigenvalue weighted by Crippen LogP contribution is 2.20. The predicted octanol–water partition coefficient (Wildman–Crippen LogP) is -0.304. The van der Waals surface area contributed by atoms with Crippen molar-refractivity contribution in [3.63, 3.8) is 0 Å². The molecule has 0 aromatic carbocycles. The lowest BCUT2D eigenvalue weighted by Gasteiger charge is -2.29. The second kappa shape index (κ2) is 4.69. The molecule has 0 bridgehead atoms. The first-order chi connectivity index (χ1) is 7.26. The summed E-state index contributed by atoms with van der Waals surface area (Å²) in [5.41, 5.74) is 0. The third-order valence-corrected chi connectivity index (χ3v) is 6.38. The van der Waals surface area contributed by atoms with Gasteiger partial charge in [0.1, 0.15) is 6.04 Å². The van der Waals surface area contributed by atoms with Crippen LogP contribution in [0.2, 0.25) is 0 Å². The predicted molar refractivity (Wildman–Crippen MR) is 58.6 cm³/mol. The highest BCUT2D eigenvalue weighted by Gasteiger charge is 2.34. The first-order valence-electron chi connectivity index (χ1n) is 4.83. The molecule has 0 aromatic rings. The van der Waals surface area contributed by atoms with Crippen molar-refractivity contribution >= 4 is 19.9 Å². The van der Waals surface area contributed by atoms with Crippen LogP contribution in [0.3, 0.4) is 0 Å². The molecular weight excluding hydrogens is 252 g/mol. The lowest BCUT2D eigenvalue weighted by molar-refractivity contribution is 0.298. The summed E-state index contributed by atoms with van der Waals surface area (Å²) >= 11 is 0. The van der Waals surface area contributed by atoms with Gasteiger partial charge < -0.3 is 0 Å². The number of nitrogens with zero attached hydrogens (tertiary/aromatic N) is 2. The largest absolute Gasteiger partial charge is 0.229 e. The molecule has 0 radical (unpaired) electrons. The zero-order valence-electron chi connectivity index (χ0n) is 8.96. The molecule has 1 saturated heterocycles. The molecular formula is C8H14N2O4S2. The van der Waals surface area contributed by atoms with E-state index in [-0.39, 0.29) is 6.54 Å². The van der Waals surface area contributed by atoms with Crippen LogP contribution in [0.4, 0.5) is 0 Å². The van der Waals surface area contributed by atoms with Gasteiger partial charge in [-0.15, -0.1) is 0 Å². The Kier molecular flexibility index (Phi) is 3.93. The van der Waals surface area contributed by atoms with Crippen molar-refractivity contribution in [3.8, 4) is 6.07 Å². The maximum absolute atomic E-state index is 11.8. The summed E-state index contributed by atoms with van der Waals surface area (Å²) in [6.07, 6.45) is 2.81. The smallest absolute Gasteiger partial charge is 0.228 e. The molecule has 0 amide bonds. The van der Waals surface area contributed by atoms with Crippen LogP contribution >= 0.6 is 0 Å². The van der Waals surface area contributed by atoms with Crippen molar-refractivity contribution in [2.45, 2.75) is 25.3 Å². The number of rotatable bonds is 3. The van der Waals surface area contributed by atoms with E-state index in [9.17, 15) is 16.8 Å². The van der Waals surface area contributed by atoms with Crippen LogP contribution in [0.5, 0.6) is 0 Å². The number of piperidine rings is 1. The van der Waals surface area contributed by atoms with Crippen LogP contribution in [0.15, 0.2) is 0 Å². The van der Waals surface area contributed by atoms with Gasteiger partial charge in [0.2, 0.25) is 10.0 Å². The molecule has 6 nitrogen and oxygen atoms in total. The Morgan fingerprint density at radius 3 is 2.44 bits per heavy atom. The maximum atomic E-state index is 11.8. The van der Waals surface area contributed by atoms with Crippen molar-refractivity contribution in [3.05, 3.63) is 0 Å². The average Bonchev–Trinajstić information content (AvgIpc) is 2.14. The van der Waals surface area contributed by atoms with E-state index in [4.69, 9.17) is 5.26 Å². The Hall–Kier alpha value is -0.650. The average molecular weight is 266 g/mol. The molecule has 16 heavy (non-hydrogen) atoms. The molecule has 92 valence electrons. The Labute approximate surface area is 95.8 Å². The van der Waals surface area contributed by atoms with Crippen molar-refractivity contribution in [2.24, 2.45) is 0 Å². The quantitative estimate of drug-likeness (QED) is 0.698. The summed E-state index contributed by atoms with van der Waals surface area (Å²) in [6, 6.07) is 1.18. The van der Waals surface area contributed by atoms with Gasteiger partial charge in [-0.2, -0.15) is 9.57 Å². The topological polar surface area (TPSA) is 95.3 Å². The molecule has 0 aromatic heterocycles. The number of sulfone groups is 1. The molecule has 0 aliphatic carbocycles. The SMILES string of the molecule is CS(=O)(=O)CS(=O)(=O)N1CCCCC1C#N. The van der Waals surface area contributed by atoms with Crippen molar-refractivity contribution < 1.29 is 16.8 Å². The van der Waals surface area contributed by atoms with Gasteiger partial charge in [0.25, 0.3) is 0 Å². The molecule has 1 heterocycles. The monoisotopic (exact) mass is 266 g/mol. The van der Waals surface area contributed by atoms with Gasteiger partial charge in [0, 0.05) is 12.8 Å². The van der Waals surface area contributed by atoms with Gasteiger partial charge in [-0.05, 0) is 19.3 Å². The minimum Gasteiger partial charge on any atom is -0.228 e. The van der Waals surface area contributed by atoms with Crippen LogP contribution < -0.4 is 0 Å². The van der Waals surface area contributed by atoms with Gasteiger partial charge in [-0.1, -0.05) is 0 Å². The highest BCUT2D eigenvalue weighted by molar-refractivity contribution is 8.06. The van der Waals surface area contributed by atoms with E-state index in [0.29, 0.717) is 12.8 Å². The number of sulfonamides is 1. The first-order valence-corrected chi connectivity index (χ1v) is 8.50. The Bertz CT molecular complexity index is 489. The summed E-state index contributed by atoms with van der Waals surface area (Å²) in [5, 5.41) is 7.90. The van der Waals surface area contributed by atoms with Crippen LogP contribution in [-0.2, 0) is 19.9 Å². The minimum absolute atomic E-state index is 0.232. The number of hydrogen-bond acceptors (Lipinski definition) is 5. The minimum atomic E-state index is -3.88. The third kappa shape index (κ3) is 3.43. The summed E-state index contributed by atoms with van der Waals surface area (Å²) in [4.78, 5) is 0. The molecule has 1 aliphatic heterocycles. The Morgan fingerprint density at radius 2 is 1.94 bits per heavy atom. The fraction of sp³-hybridized carbons (Fsp3) is 0.875. The third-order valence-electron chi connectivity index (χ3n) is 2.32. The summed E-state index contributed by atoms with van der Waals surface area (Å²) in [6.45, 7) is 0.232. The highest BCUT2D eigenvalue weighted by atomic mass is 32.3. The molecule has 1 fully saturated rings. The van der Waals surface area contributed by atoms with E-state index in [2.05, 4.69) is 0 Å². The van der Waals surface area contributed by atoms with Gasteiger partial charge in [-0.3, -0.25) is 0 Å². The molecule has 0 saturated carbocycles. The van der Waals surface area contributed by atoms with Crippen molar-refractivity contribution in [1.29, 1.82) is 5.26 Å². The van der Waals surface area contributed by atoms with E-state index < -0.39 is 31.0 Å². The van der Waals surface area contributed by atoms with Gasteiger partial charge in [0.05, 0.1) is 6.07 Å². The second-order valence-corrected chi connectivity index (χ2v) is 8.33. The van der Waals surface area contributed by atoms with Crippen molar-refractivity contribution in [2.75, 3.05) is 17.9 Å². The number of nitriles is 1. The lowest BCUT2D eigenvalue weighted by Crippen LogP contribution is -2.44. The van der Waals surface area contributed by atoms with Gasteiger partial charge in [-0.25, -0.2) is 16.8 Å². The fourth-order valence-corrected chi connectivity index (χ4v) is 5.36. The molecule has 0 spiro atoms. The first kappa shape index (κ1) is 13.4. The lowest BCUT2D eigenvalue weighted by atomic mass is 10.1. The molecule has 8 heteroatoms. The Balaban J connectivity index is 2.94. The fourth-order valence-electron chi connectivity index (χ4n) is 1.71. The van der Waals surface area contributed by atoms with E-state index in [1.165, 1.54) is 0 Å². The van der Waals surface area contributed by atoms with Gasteiger partial charge >= 0.3 is 0 Å². The summed E-state index contributed by atoms with van der Waals surface area (Å²) in [7, 11) is -7.48. The number of hydrogen-bond donors (Lipinski definition) is 0. The zero-order chi connectivity index (χ0) is 12.4. The summed E-state index contributed by atoms with van der Waals surface area (Å²) in [5.74, 6) is 0. The van der Waals surface area contributed by atoms with E-state index in [0.717, 1.165) is 17.0 Å². The normalized spacial score (nSPS) is 23.9. The van der Waals surface area contributed by atoms with E-state index in [1.807, 2.05) is 6.07 Å². The molecule has 1 rings (SSSR count). The summed E-state index contributed by atoms with van der Waals surface area (Å²) < 4.78 is 46.5. The maximum Gasteiger partial charge on any atom is 0.229 e. The zero-order valence-corrected chi connectivity index (χ0v) is 10.6. The molecule has 1 unspecified atom stereocenters. The van der Waals surface area contributed by atoms with E-state index in [1.54, 1.807) is 0 Å². The van der Waals surface area contributed by atoms with E-state index >= 15 is 0 Å². The Morgan fingerprint density at radius 1 is 1.31 bits per heavy atom. The van der Waals surface area contributed by atoms with Crippen LogP contribution in [0, 0.1) is 11.3 Å². The molecule has 1 atom stereocenters. The van der Waals surface area contributed by atoms with Crippen LogP contribution in [0.1, 0.15) is 19.3 Å². The molecule has 1 aliphatic rings. The standard InChI is InChI=1S/C8H14N2O4S2/c1-15(11,12)7-16(13,14)10-5-3-2-4-8(10)6-9/h8H,2-5,7H2,1H3. The van der Waals surface area contributed by atoms with Crippen molar-refractivity contribution in [1.82, 2.24) is 4.31 Å². The van der Waals surface area contributed by atoms with Crippen LogP contribution in [0.25, 0.3) is 0 Å². The van der Waals surface area contributed by atoms with Crippen LogP contribution in [-0.4, -0.2) is 45.1 Å².